The Morgan fingerprint density at radius 1 is 1.69 bits per heavy atom. The minimum Gasteiger partial charge on any atom is -0.350 e. The molecule has 1 amide bonds. The van der Waals surface area contributed by atoms with Crippen LogP contribution in [0.15, 0.2) is 5.38 Å². The van der Waals surface area contributed by atoms with Gasteiger partial charge in [-0.15, -0.1) is 11.3 Å². The van der Waals surface area contributed by atoms with Gasteiger partial charge in [0.1, 0.15) is 0 Å². The molecule has 0 bridgehead atoms. The molecule has 0 aromatic carbocycles. The Morgan fingerprint density at radius 2 is 2.38 bits per heavy atom. The standard InChI is InChI=1S/C12H18N2OS/c1-7(2)12-14-9(6-16-12)5-13-11(15)10-4-8(10)3/h6-8,10H,4-5H2,1-3H3,(H,13,15)/t8-,10-/m0/s1. The van der Waals surface area contributed by atoms with Crippen molar-refractivity contribution in [3.63, 3.8) is 0 Å². The highest BCUT2D eigenvalue weighted by molar-refractivity contribution is 7.09. The second-order valence-electron chi connectivity index (χ2n) is 4.87. The summed E-state index contributed by atoms with van der Waals surface area (Å²) in [5, 5.41) is 6.13. The van der Waals surface area contributed by atoms with Crippen molar-refractivity contribution in [3.05, 3.63) is 16.1 Å². The maximum Gasteiger partial charge on any atom is 0.223 e. The largest absolute Gasteiger partial charge is 0.350 e. The molecule has 2 rings (SSSR count). The first kappa shape index (κ1) is 11.6. The summed E-state index contributed by atoms with van der Waals surface area (Å²) in [5.74, 6) is 1.48. The van der Waals surface area contributed by atoms with Crippen LogP contribution in [-0.2, 0) is 11.3 Å². The van der Waals surface area contributed by atoms with E-state index in [0.29, 0.717) is 18.4 Å². The summed E-state index contributed by atoms with van der Waals surface area (Å²) >= 11 is 1.67. The van der Waals surface area contributed by atoms with Gasteiger partial charge in [0.2, 0.25) is 5.91 Å². The first-order valence-electron chi connectivity index (χ1n) is 5.80. The molecule has 1 fully saturated rings. The van der Waals surface area contributed by atoms with E-state index < -0.39 is 0 Å². The number of amides is 1. The molecule has 1 aliphatic carbocycles. The molecule has 1 aromatic rings. The van der Waals surface area contributed by atoms with Gasteiger partial charge in [-0.3, -0.25) is 4.79 Å². The van der Waals surface area contributed by atoms with Gasteiger partial charge in [-0.1, -0.05) is 20.8 Å². The first-order valence-corrected chi connectivity index (χ1v) is 6.68. The number of hydrogen-bond acceptors (Lipinski definition) is 3. The summed E-state index contributed by atoms with van der Waals surface area (Å²) < 4.78 is 0. The van der Waals surface area contributed by atoms with Gasteiger partial charge in [0.25, 0.3) is 0 Å². The van der Waals surface area contributed by atoms with E-state index in [4.69, 9.17) is 0 Å². The van der Waals surface area contributed by atoms with E-state index in [1.165, 1.54) is 0 Å². The van der Waals surface area contributed by atoms with Gasteiger partial charge in [0.05, 0.1) is 17.2 Å². The Morgan fingerprint density at radius 3 is 2.88 bits per heavy atom. The van der Waals surface area contributed by atoms with E-state index in [-0.39, 0.29) is 11.8 Å². The van der Waals surface area contributed by atoms with Crippen molar-refractivity contribution in [1.29, 1.82) is 0 Å². The van der Waals surface area contributed by atoms with E-state index in [1.807, 2.05) is 5.38 Å². The molecule has 1 saturated carbocycles. The number of rotatable bonds is 4. The normalized spacial score (nSPS) is 23.5. The Hall–Kier alpha value is -0.900. The van der Waals surface area contributed by atoms with Crippen LogP contribution >= 0.6 is 11.3 Å². The zero-order valence-corrected chi connectivity index (χ0v) is 10.8. The lowest BCUT2D eigenvalue weighted by Gasteiger charge is -2.01. The van der Waals surface area contributed by atoms with Crippen LogP contribution in [0.2, 0.25) is 0 Å². The third-order valence-corrected chi connectivity index (χ3v) is 4.15. The number of nitrogens with zero attached hydrogens (tertiary/aromatic N) is 1. The third kappa shape index (κ3) is 2.61. The van der Waals surface area contributed by atoms with Crippen molar-refractivity contribution >= 4 is 17.2 Å². The smallest absolute Gasteiger partial charge is 0.223 e. The molecule has 1 N–H and O–H groups in total. The Bertz CT molecular complexity index is 386. The maximum atomic E-state index is 11.6. The second kappa shape index (κ2) is 4.53. The highest BCUT2D eigenvalue weighted by Gasteiger charge is 2.38. The van der Waals surface area contributed by atoms with E-state index in [9.17, 15) is 4.79 Å². The molecule has 0 radical (unpaired) electrons. The number of carbonyl (C=O) groups excluding carboxylic acids is 1. The predicted molar refractivity (Wildman–Crippen MR) is 65.3 cm³/mol. The van der Waals surface area contributed by atoms with Crippen molar-refractivity contribution in [2.24, 2.45) is 11.8 Å². The number of thiazole rings is 1. The molecule has 3 nitrogen and oxygen atoms in total. The summed E-state index contributed by atoms with van der Waals surface area (Å²) in [5.41, 5.74) is 0.982. The fourth-order valence-electron chi connectivity index (χ4n) is 1.67. The molecule has 4 heteroatoms. The maximum absolute atomic E-state index is 11.6. The van der Waals surface area contributed by atoms with Crippen LogP contribution in [0.1, 0.15) is 43.8 Å². The van der Waals surface area contributed by atoms with Crippen LogP contribution in [0.5, 0.6) is 0 Å². The monoisotopic (exact) mass is 238 g/mol. The lowest BCUT2D eigenvalue weighted by atomic mass is 10.2. The van der Waals surface area contributed by atoms with Crippen molar-refractivity contribution < 1.29 is 4.79 Å². The van der Waals surface area contributed by atoms with Gasteiger partial charge in [0.15, 0.2) is 0 Å². The van der Waals surface area contributed by atoms with Gasteiger partial charge >= 0.3 is 0 Å². The molecule has 16 heavy (non-hydrogen) atoms. The van der Waals surface area contributed by atoms with Gasteiger partial charge in [-0.25, -0.2) is 4.98 Å². The minimum absolute atomic E-state index is 0.187. The molecule has 2 atom stereocenters. The molecule has 0 spiro atoms. The van der Waals surface area contributed by atoms with Crippen LogP contribution in [0.25, 0.3) is 0 Å². The highest BCUT2D eigenvalue weighted by Crippen LogP contribution is 2.37. The van der Waals surface area contributed by atoms with Crippen molar-refractivity contribution in [2.45, 2.75) is 39.7 Å². The van der Waals surface area contributed by atoms with Crippen LogP contribution in [0.4, 0.5) is 0 Å². The average molecular weight is 238 g/mol. The van der Waals surface area contributed by atoms with E-state index in [2.05, 4.69) is 31.1 Å². The molecular formula is C12H18N2OS. The fraction of sp³-hybridized carbons (Fsp3) is 0.667. The van der Waals surface area contributed by atoms with E-state index in [1.54, 1.807) is 11.3 Å². The SMILES string of the molecule is CC(C)c1nc(CNC(=O)[C@H]2C[C@@H]2C)cs1. The zero-order chi connectivity index (χ0) is 11.7. The molecule has 1 heterocycles. The molecule has 1 aliphatic rings. The van der Waals surface area contributed by atoms with Crippen LogP contribution in [0, 0.1) is 11.8 Å². The summed E-state index contributed by atoms with van der Waals surface area (Å²) in [6.45, 7) is 6.95. The fourth-order valence-corrected chi connectivity index (χ4v) is 2.50. The zero-order valence-electron chi connectivity index (χ0n) is 9.99. The van der Waals surface area contributed by atoms with Gasteiger partial charge in [-0.2, -0.15) is 0 Å². The number of carbonyl (C=O) groups is 1. The van der Waals surface area contributed by atoms with Gasteiger partial charge < -0.3 is 5.32 Å². The van der Waals surface area contributed by atoms with Gasteiger partial charge in [0, 0.05) is 17.2 Å². The highest BCUT2D eigenvalue weighted by atomic mass is 32.1. The first-order chi connectivity index (χ1) is 7.58. The molecule has 0 saturated heterocycles. The van der Waals surface area contributed by atoms with Crippen molar-refractivity contribution in [2.75, 3.05) is 0 Å². The Balaban J connectivity index is 1.82. The minimum atomic E-state index is 0.187. The lowest BCUT2D eigenvalue weighted by molar-refractivity contribution is -0.122. The van der Waals surface area contributed by atoms with E-state index >= 15 is 0 Å². The van der Waals surface area contributed by atoms with Crippen LogP contribution in [-0.4, -0.2) is 10.9 Å². The second-order valence-corrected chi connectivity index (χ2v) is 5.76. The third-order valence-electron chi connectivity index (χ3n) is 2.95. The van der Waals surface area contributed by atoms with Gasteiger partial charge in [-0.05, 0) is 12.3 Å². The lowest BCUT2D eigenvalue weighted by Crippen LogP contribution is -2.25. The number of aromatic nitrogens is 1. The van der Waals surface area contributed by atoms with E-state index in [0.717, 1.165) is 17.1 Å². The quantitative estimate of drug-likeness (QED) is 0.876. The number of hydrogen-bond donors (Lipinski definition) is 1. The molecule has 88 valence electrons. The summed E-state index contributed by atoms with van der Waals surface area (Å²) in [7, 11) is 0. The number of nitrogens with one attached hydrogen (secondary N) is 1. The topological polar surface area (TPSA) is 42.0 Å². The summed E-state index contributed by atoms with van der Waals surface area (Å²) in [6, 6.07) is 0. The average Bonchev–Trinajstić information content (AvgIpc) is 2.80. The molecule has 1 aromatic heterocycles. The summed E-state index contributed by atoms with van der Waals surface area (Å²) in [4.78, 5) is 16.1. The Labute approximate surface area is 100 Å². The molecule has 0 unspecified atom stereocenters. The van der Waals surface area contributed by atoms with Crippen molar-refractivity contribution in [1.82, 2.24) is 10.3 Å². The van der Waals surface area contributed by atoms with Crippen LogP contribution in [0.3, 0.4) is 0 Å². The predicted octanol–water partition coefficient (Wildman–Crippen LogP) is 2.54. The molecule has 0 aliphatic heterocycles. The van der Waals surface area contributed by atoms with Crippen LogP contribution < -0.4 is 5.32 Å². The molecular weight excluding hydrogens is 220 g/mol. The van der Waals surface area contributed by atoms with Crippen molar-refractivity contribution in [3.8, 4) is 0 Å². The summed E-state index contributed by atoms with van der Waals surface area (Å²) in [6.07, 6.45) is 1.04. The Kier molecular flexibility index (Phi) is 3.28.